The molecule has 0 saturated carbocycles. The van der Waals surface area contributed by atoms with Gasteiger partial charge >= 0.3 is 0 Å². The Labute approximate surface area is 171 Å². The highest BCUT2D eigenvalue weighted by Crippen LogP contribution is 2.38. The SMILES string of the molecule is Cc1nc(-n2cc3c(n2)CCOc2cc(C4CCNCC4)ccc2-3)n(C(C)C)n1. The van der Waals surface area contributed by atoms with Crippen LogP contribution in [0, 0.1) is 6.92 Å². The third-order valence-corrected chi connectivity index (χ3v) is 5.91. The second-order valence-electron chi connectivity index (χ2n) is 8.31. The van der Waals surface area contributed by atoms with Gasteiger partial charge < -0.3 is 10.1 Å². The minimum atomic E-state index is 0.221. The smallest absolute Gasteiger partial charge is 0.249 e. The number of ether oxygens (including phenoxy) is 1. The summed E-state index contributed by atoms with van der Waals surface area (Å²) in [4.78, 5) is 4.62. The van der Waals surface area contributed by atoms with Gasteiger partial charge in [0.25, 0.3) is 0 Å². The van der Waals surface area contributed by atoms with Crippen LogP contribution in [-0.4, -0.2) is 44.2 Å². The molecule has 4 heterocycles. The summed E-state index contributed by atoms with van der Waals surface area (Å²) in [5.74, 6) is 3.11. The predicted octanol–water partition coefficient (Wildman–Crippen LogP) is 3.42. The maximum Gasteiger partial charge on any atom is 0.249 e. The molecule has 29 heavy (non-hydrogen) atoms. The van der Waals surface area contributed by atoms with Crippen molar-refractivity contribution in [2.75, 3.05) is 19.7 Å². The first-order valence-electron chi connectivity index (χ1n) is 10.6. The van der Waals surface area contributed by atoms with Crippen LogP contribution in [-0.2, 0) is 6.42 Å². The molecule has 0 radical (unpaired) electrons. The molecule has 7 heteroatoms. The molecule has 0 bridgehead atoms. The van der Waals surface area contributed by atoms with E-state index in [0.717, 1.165) is 53.9 Å². The molecule has 152 valence electrons. The molecule has 7 nitrogen and oxygen atoms in total. The highest BCUT2D eigenvalue weighted by molar-refractivity contribution is 5.73. The Morgan fingerprint density at radius 1 is 1.14 bits per heavy atom. The normalized spacial score (nSPS) is 17.0. The molecule has 1 aromatic carbocycles. The Balaban J connectivity index is 1.55. The Morgan fingerprint density at radius 3 is 2.76 bits per heavy atom. The zero-order valence-electron chi connectivity index (χ0n) is 17.4. The van der Waals surface area contributed by atoms with Gasteiger partial charge in [-0.15, -0.1) is 0 Å². The fraction of sp³-hybridized carbons (Fsp3) is 0.500. The number of benzene rings is 1. The van der Waals surface area contributed by atoms with Crippen LogP contribution in [0.5, 0.6) is 5.75 Å². The van der Waals surface area contributed by atoms with Gasteiger partial charge in [0.1, 0.15) is 11.6 Å². The van der Waals surface area contributed by atoms with E-state index in [0.29, 0.717) is 12.5 Å². The molecule has 0 amide bonds. The zero-order valence-corrected chi connectivity index (χ0v) is 17.4. The molecule has 1 fully saturated rings. The molecular weight excluding hydrogens is 364 g/mol. The maximum atomic E-state index is 6.13. The molecule has 0 spiro atoms. The lowest BCUT2D eigenvalue weighted by molar-refractivity contribution is 0.323. The standard InChI is InChI=1S/C22H28N6O/c1-14(2)28-22(24-15(3)25-28)27-13-19-18-5-4-17(16-6-9-23-10-7-16)12-21(18)29-11-8-20(19)26-27/h4-5,12-14,16,23H,6-11H2,1-3H3. The number of hydrogen-bond acceptors (Lipinski definition) is 5. The lowest BCUT2D eigenvalue weighted by Crippen LogP contribution is -2.26. The van der Waals surface area contributed by atoms with Gasteiger partial charge in [0.05, 0.1) is 18.3 Å². The van der Waals surface area contributed by atoms with E-state index in [9.17, 15) is 0 Å². The van der Waals surface area contributed by atoms with Crippen LogP contribution in [0.1, 0.15) is 55.7 Å². The highest BCUT2D eigenvalue weighted by Gasteiger charge is 2.24. The van der Waals surface area contributed by atoms with Crippen molar-refractivity contribution in [2.24, 2.45) is 0 Å². The third-order valence-electron chi connectivity index (χ3n) is 5.91. The molecule has 0 unspecified atom stereocenters. The van der Waals surface area contributed by atoms with Crippen molar-refractivity contribution in [3.63, 3.8) is 0 Å². The second-order valence-corrected chi connectivity index (χ2v) is 8.31. The van der Waals surface area contributed by atoms with E-state index in [2.05, 4.69) is 53.6 Å². The molecule has 5 rings (SSSR count). The van der Waals surface area contributed by atoms with Gasteiger partial charge in [0, 0.05) is 23.7 Å². The number of nitrogens with one attached hydrogen (secondary N) is 1. The Kier molecular flexibility index (Phi) is 4.62. The first-order chi connectivity index (χ1) is 14.1. The van der Waals surface area contributed by atoms with Crippen molar-refractivity contribution in [1.82, 2.24) is 29.9 Å². The first kappa shape index (κ1) is 18.4. The lowest BCUT2D eigenvalue weighted by atomic mass is 9.89. The van der Waals surface area contributed by atoms with Gasteiger partial charge in [-0.3, -0.25) is 0 Å². The Morgan fingerprint density at radius 2 is 1.97 bits per heavy atom. The number of aromatic nitrogens is 5. The maximum absolute atomic E-state index is 6.13. The van der Waals surface area contributed by atoms with Gasteiger partial charge in [-0.2, -0.15) is 15.2 Å². The number of fused-ring (bicyclic) bond motifs is 3. The molecule has 0 atom stereocenters. The van der Waals surface area contributed by atoms with Crippen LogP contribution in [0.25, 0.3) is 17.1 Å². The summed E-state index contributed by atoms with van der Waals surface area (Å²) in [5.41, 5.74) is 4.68. The fourth-order valence-electron chi connectivity index (χ4n) is 4.39. The van der Waals surface area contributed by atoms with E-state index in [-0.39, 0.29) is 6.04 Å². The van der Waals surface area contributed by atoms with Gasteiger partial charge in [-0.1, -0.05) is 12.1 Å². The average Bonchev–Trinajstić information content (AvgIpc) is 3.28. The van der Waals surface area contributed by atoms with Crippen molar-refractivity contribution < 1.29 is 4.74 Å². The van der Waals surface area contributed by atoms with E-state index in [1.165, 1.54) is 18.4 Å². The summed E-state index contributed by atoms with van der Waals surface area (Å²) in [6, 6.07) is 6.95. The fourth-order valence-corrected chi connectivity index (χ4v) is 4.39. The van der Waals surface area contributed by atoms with Gasteiger partial charge in [0.15, 0.2) is 0 Å². The van der Waals surface area contributed by atoms with Gasteiger partial charge in [0.2, 0.25) is 5.95 Å². The summed E-state index contributed by atoms with van der Waals surface area (Å²) < 4.78 is 9.94. The van der Waals surface area contributed by atoms with Crippen LogP contribution < -0.4 is 10.1 Å². The average molecular weight is 393 g/mol. The van der Waals surface area contributed by atoms with Crippen LogP contribution in [0.4, 0.5) is 0 Å². The quantitative estimate of drug-likeness (QED) is 0.740. The molecule has 0 aliphatic carbocycles. The molecule has 2 aliphatic heterocycles. The minimum Gasteiger partial charge on any atom is -0.493 e. The molecule has 1 N–H and O–H groups in total. The van der Waals surface area contributed by atoms with Crippen LogP contribution in [0.15, 0.2) is 24.4 Å². The second kappa shape index (κ2) is 7.30. The molecule has 3 aromatic rings. The molecule has 2 aromatic heterocycles. The van der Waals surface area contributed by atoms with Crippen LogP contribution in [0.3, 0.4) is 0 Å². The third kappa shape index (κ3) is 3.33. The monoisotopic (exact) mass is 392 g/mol. The van der Waals surface area contributed by atoms with Crippen molar-refractivity contribution in [1.29, 1.82) is 0 Å². The van der Waals surface area contributed by atoms with Crippen molar-refractivity contribution in [2.45, 2.75) is 52.0 Å². The predicted molar refractivity (Wildman–Crippen MR) is 112 cm³/mol. The number of piperidine rings is 1. The Hall–Kier alpha value is -2.67. The molecule has 2 aliphatic rings. The Bertz CT molecular complexity index is 1030. The summed E-state index contributed by atoms with van der Waals surface area (Å²) >= 11 is 0. The summed E-state index contributed by atoms with van der Waals surface area (Å²) in [6.45, 7) is 8.96. The van der Waals surface area contributed by atoms with Crippen LogP contribution >= 0.6 is 0 Å². The first-order valence-corrected chi connectivity index (χ1v) is 10.6. The molecular formula is C22H28N6O. The van der Waals surface area contributed by atoms with Gasteiger partial charge in [-0.25, -0.2) is 9.36 Å². The molecule has 1 saturated heterocycles. The van der Waals surface area contributed by atoms with E-state index in [1.54, 1.807) is 0 Å². The largest absolute Gasteiger partial charge is 0.493 e. The van der Waals surface area contributed by atoms with E-state index in [4.69, 9.17) is 9.84 Å². The van der Waals surface area contributed by atoms with Crippen LogP contribution in [0.2, 0.25) is 0 Å². The minimum absolute atomic E-state index is 0.221. The van der Waals surface area contributed by atoms with Crippen molar-refractivity contribution in [3.8, 4) is 22.8 Å². The van der Waals surface area contributed by atoms with E-state index in [1.807, 2.05) is 16.3 Å². The topological polar surface area (TPSA) is 69.8 Å². The number of aryl methyl sites for hydroxylation is 1. The lowest BCUT2D eigenvalue weighted by Gasteiger charge is -2.23. The van der Waals surface area contributed by atoms with E-state index < -0.39 is 0 Å². The van der Waals surface area contributed by atoms with Crippen molar-refractivity contribution in [3.05, 3.63) is 41.5 Å². The zero-order chi connectivity index (χ0) is 20.0. The van der Waals surface area contributed by atoms with Gasteiger partial charge in [-0.05, 0) is 64.3 Å². The van der Waals surface area contributed by atoms with E-state index >= 15 is 0 Å². The summed E-state index contributed by atoms with van der Waals surface area (Å²) in [6.07, 6.45) is 5.24. The summed E-state index contributed by atoms with van der Waals surface area (Å²) in [5, 5.41) is 12.8. The summed E-state index contributed by atoms with van der Waals surface area (Å²) in [7, 11) is 0. The number of hydrogen-bond donors (Lipinski definition) is 1. The number of nitrogens with zero attached hydrogens (tertiary/aromatic N) is 5. The number of rotatable bonds is 3. The van der Waals surface area contributed by atoms with Crippen molar-refractivity contribution >= 4 is 0 Å². The highest BCUT2D eigenvalue weighted by atomic mass is 16.5.